The van der Waals surface area contributed by atoms with Crippen molar-refractivity contribution < 1.29 is 18.7 Å². The zero-order chi connectivity index (χ0) is 20.2. The topological polar surface area (TPSA) is 119 Å². The number of aromatic nitrogens is 1. The molecule has 1 atom stereocenters. The molecule has 2 rings (SSSR count). The molecule has 8 nitrogen and oxygen atoms in total. The Kier molecular flexibility index (Phi) is 9.00. The van der Waals surface area contributed by atoms with Crippen LogP contribution in [0.3, 0.4) is 0 Å². The Morgan fingerprint density at radius 1 is 1.18 bits per heavy atom. The van der Waals surface area contributed by atoms with Crippen LogP contribution < -0.4 is 16.4 Å². The van der Waals surface area contributed by atoms with E-state index in [9.17, 15) is 9.59 Å². The maximum atomic E-state index is 12.1. The van der Waals surface area contributed by atoms with E-state index in [-0.39, 0.29) is 24.2 Å². The van der Waals surface area contributed by atoms with Crippen LogP contribution in [-0.2, 0) is 11.3 Å². The smallest absolute Gasteiger partial charge is 0.407 e. The van der Waals surface area contributed by atoms with Crippen molar-refractivity contribution >= 4 is 12.0 Å². The van der Waals surface area contributed by atoms with Crippen LogP contribution in [0, 0.1) is 0 Å². The Morgan fingerprint density at radius 3 is 2.68 bits per heavy atom. The Labute approximate surface area is 164 Å². The van der Waals surface area contributed by atoms with Gasteiger partial charge in [0, 0.05) is 13.1 Å². The molecule has 0 spiro atoms. The third-order valence-corrected chi connectivity index (χ3v) is 4.06. The van der Waals surface area contributed by atoms with Crippen molar-refractivity contribution in [3.05, 3.63) is 53.7 Å². The molecule has 152 valence electrons. The van der Waals surface area contributed by atoms with Crippen LogP contribution in [0.2, 0.25) is 0 Å². The van der Waals surface area contributed by atoms with E-state index in [1.807, 2.05) is 30.3 Å². The number of rotatable bonds is 11. The SMILES string of the molecule is CCCCC(N)c1nc(C(=O)NCCCNC(=O)OCc2ccccc2)co1. The molecular weight excluding hydrogens is 360 g/mol. The van der Waals surface area contributed by atoms with E-state index in [1.165, 1.54) is 6.26 Å². The van der Waals surface area contributed by atoms with E-state index in [1.54, 1.807) is 0 Å². The molecule has 0 fully saturated rings. The van der Waals surface area contributed by atoms with Gasteiger partial charge >= 0.3 is 6.09 Å². The highest BCUT2D eigenvalue weighted by atomic mass is 16.5. The lowest BCUT2D eigenvalue weighted by Gasteiger charge is -2.07. The third-order valence-electron chi connectivity index (χ3n) is 4.06. The van der Waals surface area contributed by atoms with Gasteiger partial charge in [-0.25, -0.2) is 9.78 Å². The summed E-state index contributed by atoms with van der Waals surface area (Å²) in [5.41, 5.74) is 7.11. The average molecular weight is 388 g/mol. The standard InChI is InChI=1S/C20H28N4O4/c1-2-3-10-16(21)19-24-17(14-27-19)18(25)22-11-7-12-23-20(26)28-13-15-8-5-4-6-9-15/h4-6,8-9,14,16H,2-3,7,10-13,21H2,1H3,(H,22,25)(H,23,26). The minimum Gasteiger partial charge on any atom is -0.446 e. The zero-order valence-electron chi connectivity index (χ0n) is 16.1. The van der Waals surface area contributed by atoms with Crippen molar-refractivity contribution in [3.8, 4) is 0 Å². The number of carbonyl (C=O) groups is 2. The van der Waals surface area contributed by atoms with Crippen LogP contribution in [0.25, 0.3) is 0 Å². The molecule has 1 heterocycles. The highest BCUT2D eigenvalue weighted by Crippen LogP contribution is 2.16. The summed E-state index contributed by atoms with van der Waals surface area (Å²) in [7, 11) is 0. The van der Waals surface area contributed by atoms with Gasteiger partial charge in [0.1, 0.15) is 12.9 Å². The molecule has 0 aliphatic carbocycles. The largest absolute Gasteiger partial charge is 0.446 e. The van der Waals surface area contributed by atoms with E-state index in [0.29, 0.717) is 25.4 Å². The molecule has 0 aliphatic heterocycles. The fourth-order valence-electron chi connectivity index (χ4n) is 2.46. The predicted octanol–water partition coefficient (Wildman–Crippen LogP) is 2.91. The first-order chi connectivity index (χ1) is 13.6. The molecule has 0 saturated carbocycles. The first kappa shape index (κ1) is 21.4. The number of carbonyl (C=O) groups excluding carboxylic acids is 2. The van der Waals surface area contributed by atoms with Crippen molar-refractivity contribution in [2.45, 2.75) is 45.3 Å². The number of hydrogen-bond acceptors (Lipinski definition) is 6. The summed E-state index contributed by atoms with van der Waals surface area (Å²) >= 11 is 0. The number of nitrogens with zero attached hydrogens (tertiary/aromatic N) is 1. The van der Waals surface area contributed by atoms with Gasteiger partial charge in [-0.1, -0.05) is 50.1 Å². The van der Waals surface area contributed by atoms with Crippen molar-refractivity contribution in [2.75, 3.05) is 13.1 Å². The lowest BCUT2D eigenvalue weighted by atomic mass is 10.1. The fourth-order valence-corrected chi connectivity index (χ4v) is 2.46. The van der Waals surface area contributed by atoms with Gasteiger partial charge in [0.15, 0.2) is 5.69 Å². The molecule has 0 bridgehead atoms. The minimum absolute atomic E-state index is 0.206. The van der Waals surface area contributed by atoms with Crippen LogP contribution >= 0.6 is 0 Å². The van der Waals surface area contributed by atoms with E-state index < -0.39 is 6.09 Å². The molecule has 1 aromatic carbocycles. The summed E-state index contributed by atoms with van der Waals surface area (Å²) in [5, 5.41) is 5.37. The molecule has 1 unspecified atom stereocenters. The summed E-state index contributed by atoms with van der Waals surface area (Å²) in [6.07, 6.45) is 4.17. The van der Waals surface area contributed by atoms with E-state index >= 15 is 0 Å². The highest BCUT2D eigenvalue weighted by Gasteiger charge is 2.16. The van der Waals surface area contributed by atoms with Crippen molar-refractivity contribution in [1.29, 1.82) is 0 Å². The van der Waals surface area contributed by atoms with Crippen LogP contribution in [0.5, 0.6) is 0 Å². The normalized spacial score (nSPS) is 11.6. The number of alkyl carbamates (subject to hydrolysis) is 1. The molecule has 0 saturated heterocycles. The van der Waals surface area contributed by atoms with Gasteiger partial charge in [-0.15, -0.1) is 0 Å². The predicted molar refractivity (Wildman–Crippen MR) is 105 cm³/mol. The Hall–Kier alpha value is -2.87. The van der Waals surface area contributed by atoms with E-state index in [2.05, 4.69) is 22.5 Å². The summed E-state index contributed by atoms with van der Waals surface area (Å²) in [4.78, 5) is 27.8. The summed E-state index contributed by atoms with van der Waals surface area (Å²) in [5.74, 6) is 0.0470. The van der Waals surface area contributed by atoms with Crippen LogP contribution in [0.4, 0.5) is 4.79 Å². The second-order valence-electron chi connectivity index (χ2n) is 6.42. The van der Waals surface area contributed by atoms with Gasteiger partial charge in [-0.05, 0) is 18.4 Å². The number of nitrogens with two attached hydrogens (primary N) is 1. The highest BCUT2D eigenvalue weighted by molar-refractivity contribution is 5.91. The molecular formula is C20H28N4O4. The monoisotopic (exact) mass is 388 g/mol. The zero-order valence-corrected chi connectivity index (χ0v) is 16.1. The Balaban J connectivity index is 1.59. The minimum atomic E-state index is -0.489. The lowest BCUT2D eigenvalue weighted by Crippen LogP contribution is -2.30. The van der Waals surface area contributed by atoms with Gasteiger partial charge < -0.3 is 25.5 Å². The lowest BCUT2D eigenvalue weighted by molar-refractivity contribution is 0.0948. The summed E-state index contributed by atoms with van der Waals surface area (Å²) < 4.78 is 10.4. The van der Waals surface area contributed by atoms with Gasteiger partial charge in [0.2, 0.25) is 5.89 Å². The quantitative estimate of drug-likeness (QED) is 0.509. The molecule has 0 aliphatic rings. The number of amides is 2. The van der Waals surface area contributed by atoms with Crippen LogP contribution in [0.1, 0.15) is 60.6 Å². The second-order valence-corrected chi connectivity index (χ2v) is 6.42. The molecule has 1 aromatic heterocycles. The van der Waals surface area contributed by atoms with E-state index in [4.69, 9.17) is 14.9 Å². The molecule has 8 heteroatoms. The number of oxazole rings is 1. The summed E-state index contributed by atoms with van der Waals surface area (Å²) in [6.45, 7) is 3.08. The van der Waals surface area contributed by atoms with Gasteiger partial charge in [0.05, 0.1) is 6.04 Å². The van der Waals surface area contributed by atoms with Gasteiger partial charge in [-0.3, -0.25) is 4.79 Å². The molecule has 4 N–H and O–H groups in total. The van der Waals surface area contributed by atoms with E-state index in [0.717, 1.165) is 24.8 Å². The molecule has 28 heavy (non-hydrogen) atoms. The molecule has 2 aromatic rings. The van der Waals surface area contributed by atoms with Crippen LogP contribution in [0.15, 0.2) is 41.0 Å². The van der Waals surface area contributed by atoms with Gasteiger partial charge in [-0.2, -0.15) is 0 Å². The molecule has 0 radical (unpaired) electrons. The maximum Gasteiger partial charge on any atom is 0.407 e. The molecule has 2 amide bonds. The van der Waals surface area contributed by atoms with Crippen molar-refractivity contribution in [1.82, 2.24) is 15.6 Å². The first-order valence-corrected chi connectivity index (χ1v) is 9.54. The summed E-state index contributed by atoms with van der Waals surface area (Å²) in [6, 6.07) is 9.14. The number of nitrogens with one attached hydrogen (secondary N) is 2. The number of ether oxygens (including phenoxy) is 1. The Bertz CT molecular complexity index is 733. The van der Waals surface area contributed by atoms with Crippen molar-refractivity contribution in [3.63, 3.8) is 0 Å². The number of hydrogen-bond donors (Lipinski definition) is 3. The van der Waals surface area contributed by atoms with Gasteiger partial charge in [0.25, 0.3) is 5.91 Å². The first-order valence-electron chi connectivity index (χ1n) is 9.54. The number of benzene rings is 1. The Morgan fingerprint density at radius 2 is 1.93 bits per heavy atom. The number of unbranched alkanes of at least 4 members (excludes halogenated alkanes) is 1. The van der Waals surface area contributed by atoms with Crippen molar-refractivity contribution in [2.24, 2.45) is 5.73 Å². The van der Waals surface area contributed by atoms with Crippen LogP contribution in [-0.4, -0.2) is 30.1 Å². The fraction of sp³-hybridized carbons (Fsp3) is 0.450. The average Bonchev–Trinajstić information content (AvgIpc) is 3.21. The maximum absolute atomic E-state index is 12.1. The third kappa shape index (κ3) is 7.40. The second kappa shape index (κ2) is 11.8.